The van der Waals surface area contributed by atoms with Gasteiger partial charge in [0.15, 0.2) is 0 Å². The van der Waals surface area contributed by atoms with Crippen LogP contribution in [0.5, 0.6) is 0 Å². The third kappa shape index (κ3) is 7.18. The van der Waals surface area contributed by atoms with Crippen molar-refractivity contribution < 1.29 is 19.3 Å². The van der Waals surface area contributed by atoms with Crippen LogP contribution < -0.4 is 11.5 Å². The Morgan fingerprint density at radius 1 is 0.870 bits per heavy atom. The maximum atomic E-state index is 8.55. The minimum atomic E-state index is 0.0363. The predicted molar refractivity (Wildman–Crippen MR) is 92.6 cm³/mol. The number of nitrogens with two attached hydrogens (primary N) is 2. The van der Waals surface area contributed by atoms with Gasteiger partial charge in [-0.05, 0) is 35.6 Å². The molecular formula is C17H30N2O4. The van der Waals surface area contributed by atoms with Gasteiger partial charge >= 0.3 is 0 Å². The van der Waals surface area contributed by atoms with Crippen LogP contribution >= 0.6 is 0 Å². The van der Waals surface area contributed by atoms with E-state index in [2.05, 4.69) is 13.8 Å². The molecule has 132 valence electrons. The first-order valence-corrected chi connectivity index (χ1v) is 8.08. The lowest BCUT2D eigenvalue weighted by atomic mass is 9.92. The highest BCUT2D eigenvalue weighted by atomic mass is 16.5. The first-order valence-electron chi connectivity index (χ1n) is 8.08. The highest BCUT2D eigenvalue weighted by molar-refractivity contribution is 5.63. The predicted octanol–water partition coefficient (Wildman–Crippen LogP) is 1.56. The fourth-order valence-electron chi connectivity index (χ4n) is 2.44. The number of nitrogen functional groups attached to an aromatic ring is 2. The number of benzene rings is 1. The second-order valence-electron chi connectivity index (χ2n) is 5.60. The summed E-state index contributed by atoms with van der Waals surface area (Å²) in [7, 11) is 0. The summed E-state index contributed by atoms with van der Waals surface area (Å²) in [5.74, 6) is 0.329. The minimum absolute atomic E-state index is 0.0363. The summed E-state index contributed by atoms with van der Waals surface area (Å²) in [6, 6.07) is 3.72. The Labute approximate surface area is 138 Å². The van der Waals surface area contributed by atoms with Gasteiger partial charge in [0.2, 0.25) is 0 Å². The zero-order valence-corrected chi connectivity index (χ0v) is 14.2. The monoisotopic (exact) mass is 326 g/mol. The van der Waals surface area contributed by atoms with Crippen molar-refractivity contribution in [1.82, 2.24) is 0 Å². The number of anilines is 2. The molecule has 0 radical (unpaired) electrons. The van der Waals surface area contributed by atoms with Crippen LogP contribution in [0.4, 0.5) is 11.4 Å². The van der Waals surface area contributed by atoms with Crippen molar-refractivity contribution in [3.05, 3.63) is 23.3 Å². The SMILES string of the molecule is CC(C)c1c(N)ccc(N)c1CCOCCOCCOCCO. The van der Waals surface area contributed by atoms with E-state index in [1.807, 2.05) is 12.1 Å². The van der Waals surface area contributed by atoms with Gasteiger partial charge in [0, 0.05) is 11.4 Å². The highest BCUT2D eigenvalue weighted by Gasteiger charge is 2.13. The van der Waals surface area contributed by atoms with E-state index in [0.717, 1.165) is 28.9 Å². The maximum Gasteiger partial charge on any atom is 0.0701 e. The van der Waals surface area contributed by atoms with E-state index < -0.39 is 0 Å². The molecule has 1 aromatic rings. The molecule has 0 saturated heterocycles. The van der Waals surface area contributed by atoms with Crippen molar-refractivity contribution >= 4 is 11.4 Å². The second kappa shape index (κ2) is 11.2. The Hall–Kier alpha value is -1.34. The third-order valence-corrected chi connectivity index (χ3v) is 3.48. The summed E-state index contributed by atoms with van der Waals surface area (Å²) in [6.45, 7) is 7.22. The molecule has 0 fully saturated rings. The first-order chi connectivity index (χ1) is 11.1. The Morgan fingerprint density at radius 2 is 1.39 bits per heavy atom. The van der Waals surface area contributed by atoms with Crippen LogP contribution in [-0.2, 0) is 20.6 Å². The standard InChI is InChI=1S/C17H30N2O4/c1-13(2)17-14(15(18)3-4-16(17)19)5-7-21-9-11-23-12-10-22-8-6-20/h3-4,13,20H,5-12,18-19H2,1-2H3. The first kappa shape index (κ1) is 19.7. The Balaban J connectivity index is 2.25. The summed E-state index contributed by atoms with van der Waals surface area (Å²) in [4.78, 5) is 0. The van der Waals surface area contributed by atoms with Crippen molar-refractivity contribution in [2.45, 2.75) is 26.2 Å². The Bertz CT molecular complexity index is 452. The summed E-state index contributed by atoms with van der Waals surface area (Å²) in [6.07, 6.45) is 0.740. The third-order valence-electron chi connectivity index (χ3n) is 3.48. The van der Waals surface area contributed by atoms with Crippen molar-refractivity contribution in [3.8, 4) is 0 Å². The number of ether oxygens (including phenoxy) is 3. The van der Waals surface area contributed by atoms with Crippen LogP contribution in [0.15, 0.2) is 12.1 Å². The van der Waals surface area contributed by atoms with Crippen LogP contribution in [0.3, 0.4) is 0 Å². The maximum absolute atomic E-state index is 8.55. The highest BCUT2D eigenvalue weighted by Crippen LogP contribution is 2.30. The number of rotatable bonds is 12. The van der Waals surface area contributed by atoms with E-state index in [9.17, 15) is 0 Å². The van der Waals surface area contributed by atoms with E-state index in [1.54, 1.807) is 0 Å². The van der Waals surface area contributed by atoms with Gasteiger partial charge in [-0.1, -0.05) is 13.8 Å². The quantitative estimate of drug-likeness (QED) is 0.398. The molecule has 0 atom stereocenters. The average molecular weight is 326 g/mol. The van der Waals surface area contributed by atoms with E-state index in [4.69, 9.17) is 30.8 Å². The molecule has 1 aromatic carbocycles. The molecule has 0 heterocycles. The van der Waals surface area contributed by atoms with Crippen LogP contribution in [0, 0.1) is 0 Å². The molecule has 0 aliphatic rings. The van der Waals surface area contributed by atoms with Crippen LogP contribution in [0.25, 0.3) is 0 Å². The fraction of sp³-hybridized carbons (Fsp3) is 0.647. The van der Waals surface area contributed by atoms with Gasteiger partial charge in [-0.15, -0.1) is 0 Å². The molecule has 6 nitrogen and oxygen atoms in total. The molecule has 5 N–H and O–H groups in total. The van der Waals surface area contributed by atoms with Crippen LogP contribution in [0.1, 0.15) is 30.9 Å². The molecule has 0 aliphatic heterocycles. The second-order valence-corrected chi connectivity index (χ2v) is 5.60. The molecule has 1 rings (SSSR count). The van der Waals surface area contributed by atoms with E-state index in [1.165, 1.54) is 0 Å². The summed E-state index contributed by atoms with van der Waals surface area (Å²) in [5.41, 5.74) is 15.9. The van der Waals surface area contributed by atoms with Crippen molar-refractivity contribution in [3.63, 3.8) is 0 Å². The summed E-state index contributed by atoms with van der Waals surface area (Å²) in [5, 5.41) is 8.55. The van der Waals surface area contributed by atoms with Crippen molar-refractivity contribution in [2.24, 2.45) is 0 Å². The van der Waals surface area contributed by atoms with Gasteiger partial charge in [0.25, 0.3) is 0 Å². The summed E-state index contributed by atoms with van der Waals surface area (Å²) < 4.78 is 16.0. The average Bonchev–Trinajstić information content (AvgIpc) is 2.51. The van der Waals surface area contributed by atoms with E-state index in [-0.39, 0.29) is 6.61 Å². The zero-order valence-electron chi connectivity index (χ0n) is 14.2. The molecule has 6 heteroatoms. The lowest BCUT2D eigenvalue weighted by molar-refractivity contribution is 0.00816. The van der Waals surface area contributed by atoms with Gasteiger partial charge in [-0.25, -0.2) is 0 Å². The molecule has 0 unspecified atom stereocenters. The van der Waals surface area contributed by atoms with Crippen LogP contribution in [0.2, 0.25) is 0 Å². The normalized spacial score (nSPS) is 11.3. The van der Waals surface area contributed by atoms with Gasteiger partial charge in [-0.2, -0.15) is 0 Å². The number of aliphatic hydroxyl groups excluding tert-OH is 1. The number of hydrogen-bond donors (Lipinski definition) is 3. The molecular weight excluding hydrogens is 296 g/mol. The minimum Gasteiger partial charge on any atom is -0.398 e. The van der Waals surface area contributed by atoms with Gasteiger partial charge in [0.1, 0.15) is 0 Å². The Morgan fingerprint density at radius 3 is 1.96 bits per heavy atom. The number of hydrogen-bond acceptors (Lipinski definition) is 6. The largest absolute Gasteiger partial charge is 0.398 e. The van der Waals surface area contributed by atoms with Gasteiger partial charge in [-0.3, -0.25) is 0 Å². The van der Waals surface area contributed by atoms with Crippen molar-refractivity contribution in [1.29, 1.82) is 0 Å². The Kier molecular flexibility index (Phi) is 9.63. The van der Waals surface area contributed by atoms with Crippen molar-refractivity contribution in [2.75, 3.05) is 57.7 Å². The van der Waals surface area contributed by atoms with E-state index in [0.29, 0.717) is 45.6 Å². The molecule has 0 spiro atoms. The molecule has 0 aromatic heterocycles. The van der Waals surface area contributed by atoms with Crippen LogP contribution in [-0.4, -0.2) is 51.4 Å². The lowest BCUT2D eigenvalue weighted by Gasteiger charge is -2.18. The molecule has 0 amide bonds. The van der Waals surface area contributed by atoms with Gasteiger partial charge in [0.05, 0.1) is 46.2 Å². The zero-order chi connectivity index (χ0) is 17.1. The number of aliphatic hydroxyl groups is 1. The smallest absolute Gasteiger partial charge is 0.0701 e. The van der Waals surface area contributed by atoms with Gasteiger partial charge < -0.3 is 30.8 Å². The fourth-order valence-corrected chi connectivity index (χ4v) is 2.44. The van der Waals surface area contributed by atoms with E-state index >= 15 is 0 Å². The molecule has 0 saturated carbocycles. The molecule has 23 heavy (non-hydrogen) atoms. The lowest BCUT2D eigenvalue weighted by Crippen LogP contribution is -2.13. The molecule has 0 bridgehead atoms. The molecule has 0 aliphatic carbocycles. The topological polar surface area (TPSA) is 100.0 Å². The summed E-state index contributed by atoms with van der Waals surface area (Å²) >= 11 is 0.